The molecule has 0 unspecified atom stereocenters. The molecule has 0 radical (unpaired) electrons. The lowest BCUT2D eigenvalue weighted by molar-refractivity contribution is 0.618. The summed E-state index contributed by atoms with van der Waals surface area (Å²) in [5, 5.41) is 4.01. The monoisotopic (exact) mass is 483 g/mol. The van der Waals surface area contributed by atoms with Gasteiger partial charge in [-0.15, -0.1) is 0 Å². The molecule has 0 heterocycles. The van der Waals surface area contributed by atoms with Crippen molar-refractivity contribution in [1.82, 2.24) is 5.32 Å². The number of hydrogen-bond donors (Lipinski definition) is 2. The summed E-state index contributed by atoms with van der Waals surface area (Å²) in [4.78, 5) is 4.82. The van der Waals surface area contributed by atoms with Crippen molar-refractivity contribution in [3.63, 3.8) is 0 Å². The van der Waals surface area contributed by atoms with Crippen LogP contribution < -0.4 is 11.1 Å². The summed E-state index contributed by atoms with van der Waals surface area (Å²) in [7, 11) is 0. The average molecular weight is 484 g/mol. The topological polar surface area (TPSA) is 50.4 Å². The van der Waals surface area contributed by atoms with Crippen molar-refractivity contribution in [2.24, 2.45) is 10.7 Å². The molecular formula is C29H39ClFN3. The van der Waals surface area contributed by atoms with Gasteiger partial charge in [0, 0.05) is 27.6 Å². The lowest BCUT2D eigenvalue weighted by Crippen LogP contribution is -2.26. The fourth-order valence-corrected chi connectivity index (χ4v) is 4.07. The maximum Gasteiger partial charge on any atom is 0.130 e. The largest absolute Gasteiger partial charge is 0.402 e. The van der Waals surface area contributed by atoms with Crippen molar-refractivity contribution >= 4 is 23.1 Å². The second-order valence-corrected chi connectivity index (χ2v) is 9.10. The molecule has 0 spiro atoms. The summed E-state index contributed by atoms with van der Waals surface area (Å²) < 4.78 is 14.0. The van der Waals surface area contributed by atoms with Crippen LogP contribution in [-0.4, -0.2) is 5.84 Å². The van der Waals surface area contributed by atoms with Crippen molar-refractivity contribution in [2.75, 3.05) is 0 Å². The average Bonchev–Trinajstić information content (AvgIpc) is 3.04. The number of aliphatic imine (C=N–C) groups is 1. The van der Waals surface area contributed by atoms with Gasteiger partial charge in [-0.3, -0.25) is 4.99 Å². The highest BCUT2D eigenvalue weighted by molar-refractivity contribution is 6.31. The van der Waals surface area contributed by atoms with E-state index in [4.69, 9.17) is 22.3 Å². The number of benzene rings is 2. The Morgan fingerprint density at radius 2 is 1.76 bits per heavy atom. The van der Waals surface area contributed by atoms with E-state index in [1.165, 1.54) is 25.3 Å². The van der Waals surface area contributed by atoms with Gasteiger partial charge in [-0.2, -0.15) is 0 Å². The van der Waals surface area contributed by atoms with Crippen molar-refractivity contribution in [3.8, 4) is 0 Å². The summed E-state index contributed by atoms with van der Waals surface area (Å²) in [6, 6.07) is 12.6. The van der Waals surface area contributed by atoms with Crippen LogP contribution in [0.4, 0.5) is 4.39 Å². The Kier molecular flexibility index (Phi) is 11.9. The van der Waals surface area contributed by atoms with Gasteiger partial charge in [-0.1, -0.05) is 88.0 Å². The van der Waals surface area contributed by atoms with Crippen molar-refractivity contribution in [3.05, 3.63) is 87.8 Å². The Hall–Kier alpha value is -2.59. The highest BCUT2D eigenvalue weighted by atomic mass is 35.5. The standard InChI is InChI=1S/C24H27ClFN3.C5H12/c1-16-19(11-8-13-22(16)26)17(2)29-24(20-10-4-3-5-14-23(20)27)28-15-18-9-6-7-12-21(18)25;1-3-5-4-2/h6-9,11-13H,2-5,10,14-15,27H2,1H3,(H,28,29);3-5H2,1-2H3. The summed E-state index contributed by atoms with van der Waals surface area (Å²) in [6.07, 6.45) is 9.08. The van der Waals surface area contributed by atoms with Gasteiger partial charge < -0.3 is 11.1 Å². The first-order chi connectivity index (χ1) is 16.4. The predicted octanol–water partition coefficient (Wildman–Crippen LogP) is 8.32. The van der Waals surface area contributed by atoms with Crippen LogP contribution in [0.25, 0.3) is 5.70 Å². The minimum absolute atomic E-state index is 0.256. The highest BCUT2D eigenvalue weighted by Crippen LogP contribution is 2.25. The molecule has 0 amide bonds. The van der Waals surface area contributed by atoms with Gasteiger partial charge in [-0.05, 0) is 55.9 Å². The molecule has 5 heteroatoms. The first-order valence-electron chi connectivity index (χ1n) is 12.4. The fourth-order valence-electron chi connectivity index (χ4n) is 3.88. The molecule has 0 aromatic heterocycles. The van der Waals surface area contributed by atoms with E-state index >= 15 is 0 Å². The van der Waals surface area contributed by atoms with E-state index in [0.29, 0.717) is 28.7 Å². The van der Waals surface area contributed by atoms with Gasteiger partial charge in [-0.25, -0.2) is 4.39 Å². The Bertz CT molecular complexity index is 1010. The number of hydrogen-bond acceptors (Lipinski definition) is 2. The number of unbranched alkanes of at least 4 members (excludes halogenated alkanes) is 2. The van der Waals surface area contributed by atoms with Crippen LogP contribution in [-0.2, 0) is 6.54 Å². The molecule has 2 aromatic carbocycles. The van der Waals surface area contributed by atoms with Crippen LogP contribution in [0, 0.1) is 12.7 Å². The third kappa shape index (κ3) is 8.32. The minimum Gasteiger partial charge on any atom is -0.402 e. The Morgan fingerprint density at radius 1 is 1.06 bits per heavy atom. The SMILES string of the molecule is C=C(NC(=NCc1ccccc1Cl)C1=C(N)CCCCC1)c1cccc(F)c1C.CCCCC. The number of nitrogens with zero attached hydrogens (tertiary/aromatic N) is 1. The lowest BCUT2D eigenvalue weighted by atomic mass is 10.0. The fraction of sp³-hybridized carbons (Fsp3) is 0.414. The van der Waals surface area contributed by atoms with Gasteiger partial charge in [0.05, 0.1) is 6.54 Å². The van der Waals surface area contributed by atoms with E-state index in [2.05, 4.69) is 25.7 Å². The smallest absolute Gasteiger partial charge is 0.130 e. The second-order valence-electron chi connectivity index (χ2n) is 8.69. The number of allylic oxidation sites excluding steroid dienone is 1. The molecule has 3 N–H and O–H groups in total. The second kappa shape index (κ2) is 14.6. The summed E-state index contributed by atoms with van der Waals surface area (Å²) in [5.41, 5.74) is 11.1. The summed E-state index contributed by atoms with van der Waals surface area (Å²) >= 11 is 6.30. The number of amidine groups is 1. The molecule has 184 valence electrons. The quantitative estimate of drug-likeness (QED) is 0.307. The number of halogens is 2. The minimum atomic E-state index is -0.256. The van der Waals surface area contributed by atoms with Crippen LogP contribution in [0.5, 0.6) is 0 Å². The zero-order valence-electron chi connectivity index (χ0n) is 20.9. The van der Waals surface area contributed by atoms with Gasteiger partial charge in [0.1, 0.15) is 11.7 Å². The van der Waals surface area contributed by atoms with Crippen LogP contribution in [0.1, 0.15) is 81.9 Å². The van der Waals surface area contributed by atoms with E-state index in [-0.39, 0.29) is 5.82 Å². The van der Waals surface area contributed by atoms with Crippen LogP contribution >= 0.6 is 11.6 Å². The zero-order chi connectivity index (χ0) is 24.9. The predicted molar refractivity (Wildman–Crippen MR) is 145 cm³/mol. The van der Waals surface area contributed by atoms with Crippen LogP contribution in [0.2, 0.25) is 5.02 Å². The molecule has 0 saturated carbocycles. The molecule has 0 bridgehead atoms. The first-order valence-corrected chi connectivity index (χ1v) is 12.7. The molecule has 34 heavy (non-hydrogen) atoms. The van der Waals surface area contributed by atoms with Crippen molar-refractivity contribution in [1.29, 1.82) is 0 Å². The van der Waals surface area contributed by atoms with E-state index in [1.54, 1.807) is 13.0 Å². The zero-order valence-corrected chi connectivity index (χ0v) is 21.6. The summed E-state index contributed by atoms with van der Waals surface area (Å²) in [6.45, 7) is 10.7. The molecule has 3 nitrogen and oxygen atoms in total. The Morgan fingerprint density at radius 3 is 2.44 bits per heavy atom. The molecular weight excluding hydrogens is 445 g/mol. The molecule has 1 aliphatic carbocycles. The molecule has 2 aromatic rings. The molecule has 3 rings (SSSR count). The molecule has 0 saturated heterocycles. The maximum absolute atomic E-state index is 14.0. The van der Waals surface area contributed by atoms with Gasteiger partial charge in [0.15, 0.2) is 0 Å². The van der Waals surface area contributed by atoms with E-state index in [9.17, 15) is 4.39 Å². The number of rotatable bonds is 7. The maximum atomic E-state index is 14.0. The van der Waals surface area contributed by atoms with Crippen molar-refractivity contribution < 1.29 is 4.39 Å². The van der Waals surface area contributed by atoms with Crippen LogP contribution in [0.3, 0.4) is 0 Å². The Balaban J connectivity index is 0.000000739. The third-order valence-electron chi connectivity index (χ3n) is 5.98. The summed E-state index contributed by atoms with van der Waals surface area (Å²) in [5.74, 6) is 0.436. The third-order valence-corrected chi connectivity index (χ3v) is 6.35. The van der Waals surface area contributed by atoms with Crippen molar-refractivity contribution in [2.45, 2.75) is 78.7 Å². The van der Waals surface area contributed by atoms with E-state index in [0.717, 1.165) is 54.5 Å². The number of nitrogens with one attached hydrogen (secondary N) is 1. The molecule has 0 atom stereocenters. The van der Waals surface area contributed by atoms with E-state index < -0.39 is 0 Å². The van der Waals surface area contributed by atoms with Crippen LogP contribution in [0.15, 0.2) is 65.3 Å². The number of nitrogens with two attached hydrogens (primary N) is 1. The highest BCUT2D eigenvalue weighted by Gasteiger charge is 2.17. The van der Waals surface area contributed by atoms with Gasteiger partial charge in [0.25, 0.3) is 0 Å². The van der Waals surface area contributed by atoms with Gasteiger partial charge in [0.2, 0.25) is 0 Å². The molecule has 1 aliphatic rings. The molecule has 0 aliphatic heterocycles. The Labute approximate surface area is 210 Å². The van der Waals surface area contributed by atoms with E-state index in [1.807, 2.05) is 30.3 Å². The van der Waals surface area contributed by atoms with Gasteiger partial charge >= 0.3 is 0 Å². The first kappa shape index (κ1) is 27.7. The lowest BCUT2D eigenvalue weighted by Gasteiger charge is -2.18. The molecule has 0 fully saturated rings. The normalized spacial score (nSPS) is 14.2.